The topological polar surface area (TPSA) is 44.1 Å². The summed E-state index contributed by atoms with van der Waals surface area (Å²) in [6, 6.07) is 7.17. The largest absolute Gasteiger partial charge is 0.464 e. The van der Waals surface area contributed by atoms with E-state index in [0.717, 1.165) is 0 Å². The highest BCUT2D eigenvalue weighted by molar-refractivity contribution is 6.34. The smallest absolute Gasteiger partial charge is 0.360 e. The quantitative estimate of drug-likeness (QED) is 0.795. The summed E-state index contributed by atoms with van der Waals surface area (Å²) in [7, 11) is 1.28. The highest BCUT2D eigenvalue weighted by atomic mass is 35.5. The van der Waals surface area contributed by atoms with Crippen molar-refractivity contribution in [3.8, 4) is 5.69 Å². The van der Waals surface area contributed by atoms with E-state index in [1.165, 1.54) is 11.8 Å². The van der Waals surface area contributed by atoms with E-state index in [1.807, 2.05) is 12.1 Å². The molecular formula is C12H10Cl2N2O2. The Morgan fingerprint density at radius 3 is 2.61 bits per heavy atom. The van der Waals surface area contributed by atoms with Crippen LogP contribution in [0.4, 0.5) is 0 Å². The lowest BCUT2D eigenvalue weighted by molar-refractivity contribution is 0.0593. The molecule has 1 aromatic heterocycles. The number of carbonyl (C=O) groups excluding carboxylic acids is 1. The second-order valence-electron chi connectivity index (χ2n) is 3.60. The third-order valence-corrected chi connectivity index (χ3v) is 3.27. The number of benzene rings is 1. The van der Waals surface area contributed by atoms with Crippen LogP contribution in [0.3, 0.4) is 0 Å². The fourth-order valence-electron chi connectivity index (χ4n) is 1.57. The van der Waals surface area contributed by atoms with Crippen LogP contribution in [0.15, 0.2) is 24.3 Å². The van der Waals surface area contributed by atoms with E-state index >= 15 is 0 Å². The van der Waals surface area contributed by atoms with E-state index in [-0.39, 0.29) is 10.7 Å². The van der Waals surface area contributed by atoms with Gasteiger partial charge in [-0.3, -0.25) is 0 Å². The van der Waals surface area contributed by atoms with Gasteiger partial charge in [0.2, 0.25) is 0 Å². The molecule has 0 fully saturated rings. The first-order valence-electron chi connectivity index (χ1n) is 5.14. The maximum absolute atomic E-state index is 11.5. The molecule has 0 aliphatic rings. The van der Waals surface area contributed by atoms with Crippen LogP contribution in [0, 0.1) is 6.92 Å². The van der Waals surface area contributed by atoms with Crippen molar-refractivity contribution in [1.82, 2.24) is 9.78 Å². The average molecular weight is 285 g/mol. The minimum absolute atomic E-state index is 0.0802. The van der Waals surface area contributed by atoms with Gasteiger partial charge in [-0.2, -0.15) is 5.10 Å². The number of hydrogen-bond acceptors (Lipinski definition) is 3. The molecule has 0 saturated heterocycles. The van der Waals surface area contributed by atoms with Crippen LogP contribution in [0.1, 0.15) is 16.2 Å². The molecule has 0 aliphatic carbocycles. The number of methoxy groups -OCH3 is 1. The maximum Gasteiger partial charge on any atom is 0.360 e. The van der Waals surface area contributed by atoms with Gasteiger partial charge < -0.3 is 4.74 Å². The molecule has 18 heavy (non-hydrogen) atoms. The average Bonchev–Trinajstić information content (AvgIpc) is 2.67. The van der Waals surface area contributed by atoms with Crippen LogP contribution >= 0.6 is 23.2 Å². The lowest BCUT2D eigenvalue weighted by Gasteiger charge is -2.05. The molecule has 0 unspecified atom stereocenters. The summed E-state index contributed by atoms with van der Waals surface area (Å²) in [5, 5.41) is 4.93. The molecule has 0 spiro atoms. The lowest BCUT2D eigenvalue weighted by Crippen LogP contribution is -2.05. The fourth-order valence-corrected chi connectivity index (χ4v) is 1.98. The Balaban J connectivity index is 2.60. The van der Waals surface area contributed by atoms with Crippen molar-refractivity contribution in [3.05, 3.63) is 45.7 Å². The summed E-state index contributed by atoms with van der Waals surface area (Å²) in [6.45, 7) is 1.76. The van der Waals surface area contributed by atoms with Crippen LogP contribution < -0.4 is 0 Å². The van der Waals surface area contributed by atoms with Crippen LogP contribution in [-0.4, -0.2) is 22.9 Å². The zero-order valence-corrected chi connectivity index (χ0v) is 11.3. The summed E-state index contributed by atoms with van der Waals surface area (Å²) in [5.74, 6) is -0.575. The number of hydrogen-bond donors (Lipinski definition) is 0. The standard InChI is InChI=1S/C12H10Cl2N2O2/c1-7-10(14)11(12(17)18-2)15-16(7)9-6-4-3-5-8(9)13/h3-6H,1-2H3. The number of nitrogens with zero attached hydrogens (tertiary/aromatic N) is 2. The molecule has 4 nitrogen and oxygen atoms in total. The molecule has 0 amide bonds. The predicted octanol–water partition coefficient (Wildman–Crippen LogP) is 3.27. The van der Waals surface area contributed by atoms with Crippen LogP contribution in [-0.2, 0) is 4.74 Å². The first kappa shape index (κ1) is 12.9. The minimum Gasteiger partial charge on any atom is -0.464 e. The van der Waals surface area contributed by atoms with E-state index in [2.05, 4.69) is 9.84 Å². The third kappa shape index (κ3) is 2.09. The van der Waals surface area contributed by atoms with Gasteiger partial charge >= 0.3 is 5.97 Å². The monoisotopic (exact) mass is 284 g/mol. The number of ether oxygens (including phenoxy) is 1. The highest BCUT2D eigenvalue weighted by Gasteiger charge is 2.21. The number of para-hydroxylation sites is 1. The SMILES string of the molecule is COC(=O)c1nn(-c2ccccc2Cl)c(C)c1Cl. The molecule has 0 radical (unpaired) electrons. The van der Waals surface area contributed by atoms with E-state index in [9.17, 15) is 4.79 Å². The van der Waals surface area contributed by atoms with E-state index in [1.54, 1.807) is 19.1 Å². The van der Waals surface area contributed by atoms with E-state index in [0.29, 0.717) is 16.4 Å². The zero-order valence-electron chi connectivity index (χ0n) is 9.78. The molecule has 1 aromatic carbocycles. The van der Waals surface area contributed by atoms with Crippen molar-refractivity contribution >= 4 is 29.2 Å². The Hall–Kier alpha value is -1.52. The summed E-state index contributed by atoms with van der Waals surface area (Å²) in [4.78, 5) is 11.5. The number of rotatable bonds is 2. The van der Waals surface area contributed by atoms with Gasteiger partial charge in [0, 0.05) is 0 Å². The van der Waals surface area contributed by atoms with Gasteiger partial charge in [0.15, 0.2) is 5.69 Å². The molecular weight excluding hydrogens is 275 g/mol. The zero-order chi connectivity index (χ0) is 13.3. The normalized spacial score (nSPS) is 10.4. The summed E-state index contributed by atoms with van der Waals surface area (Å²) >= 11 is 12.1. The van der Waals surface area contributed by atoms with Crippen molar-refractivity contribution in [2.45, 2.75) is 6.92 Å². The minimum atomic E-state index is -0.575. The Bertz CT molecular complexity index is 608. The molecule has 0 atom stereocenters. The number of aromatic nitrogens is 2. The summed E-state index contributed by atoms with van der Waals surface area (Å²) < 4.78 is 6.14. The van der Waals surface area contributed by atoms with Gasteiger partial charge in [-0.25, -0.2) is 9.48 Å². The number of esters is 1. The first-order chi connectivity index (χ1) is 8.56. The van der Waals surface area contributed by atoms with Gasteiger partial charge in [-0.05, 0) is 19.1 Å². The van der Waals surface area contributed by atoms with Crippen molar-refractivity contribution in [2.24, 2.45) is 0 Å². The lowest BCUT2D eigenvalue weighted by atomic mass is 10.3. The van der Waals surface area contributed by atoms with Gasteiger partial charge in [0.1, 0.15) is 0 Å². The van der Waals surface area contributed by atoms with Crippen molar-refractivity contribution < 1.29 is 9.53 Å². The molecule has 6 heteroatoms. The molecule has 1 heterocycles. The predicted molar refractivity (Wildman–Crippen MR) is 69.7 cm³/mol. The van der Waals surface area contributed by atoms with Gasteiger partial charge in [-0.15, -0.1) is 0 Å². The van der Waals surface area contributed by atoms with Crippen LogP contribution in [0.2, 0.25) is 10.0 Å². The highest BCUT2D eigenvalue weighted by Crippen LogP contribution is 2.27. The fraction of sp³-hybridized carbons (Fsp3) is 0.167. The van der Waals surface area contributed by atoms with Crippen molar-refractivity contribution in [2.75, 3.05) is 7.11 Å². The number of halogens is 2. The molecule has 0 saturated carbocycles. The second-order valence-corrected chi connectivity index (χ2v) is 4.39. The Morgan fingerprint density at radius 1 is 1.33 bits per heavy atom. The Kier molecular flexibility index (Phi) is 3.59. The van der Waals surface area contributed by atoms with Crippen molar-refractivity contribution in [3.63, 3.8) is 0 Å². The second kappa shape index (κ2) is 5.00. The Morgan fingerprint density at radius 2 is 2.00 bits per heavy atom. The molecule has 0 N–H and O–H groups in total. The maximum atomic E-state index is 11.5. The third-order valence-electron chi connectivity index (χ3n) is 2.50. The number of carbonyl (C=O) groups is 1. The van der Waals surface area contributed by atoms with Crippen LogP contribution in [0.25, 0.3) is 5.69 Å². The molecule has 0 bridgehead atoms. The first-order valence-corrected chi connectivity index (χ1v) is 5.90. The van der Waals surface area contributed by atoms with Gasteiger partial charge in [0.25, 0.3) is 0 Å². The van der Waals surface area contributed by atoms with E-state index < -0.39 is 5.97 Å². The van der Waals surface area contributed by atoms with Gasteiger partial charge in [-0.1, -0.05) is 35.3 Å². The van der Waals surface area contributed by atoms with Gasteiger partial charge in [0.05, 0.1) is 28.5 Å². The molecule has 94 valence electrons. The summed E-state index contributed by atoms with van der Waals surface area (Å²) in [5.41, 5.74) is 1.37. The molecule has 2 rings (SSSR count). The molecule has 0 aliphatic heterocycles. The van der Waals surface area contributed by atoms with Crippen molar-refractivity contribution in [1.29, 1.82) is 0 Å². The van der Waals surface area contributed by atoms with E-state index in [4.69, 9.17) is 23.2 Å². The van der Waals surface area contributed by atoms with Crippen LogP contribution in [0.5, 0.6) is 0 Å². The summed E-state index contributed by atoms with van der Waals surface area (Å²) in [6.07, 6.45) is 0. The molecule has 2 aromatic rings. The Labute approximate surface area is 114 Å².